The Kier molecular flexibility index (Phi) is 7.45. The number of nitrogens with zero attached hydrogens (tertiary/aromatic N) is 1. The minimum Gasteiger partial charge on any atom is -0.467 e. The maximum absolute atomic E-state index is 12.9. The van der Waals surface area contributed by atoms with E-state index in [9.17, 15) is 9.59 Å². The van der Waals surface area contributed by atoms with Gasteiger partial charge in [0.05, 0.1) is 24.3 Å². The highest BCUT2D eigenvalue weighted by molar-refractivity contribution is 5.99. The van der Waals surface area contributed by atoms with Gasteiger partial charge < -0.3 is 20.0 Å². The maximum Gasteiger partial charge on any atom is 0.253 e. The van der Waals surface area contributed by atoms with Crippen LogP contribution in [-0.4, -0.2) is 30.9 Å². The molecule has 0 saturated carbocycles. The molecule has 1 aliphatic rings. The summed E-state index contributed by atoms with van der Waals surface area (Å²) < 4.78 is 5.30. The van der Waals surface area contributed by atoms with E-state index in [1.165, 1.54) is 0 Å². The van der Waals surface area contributed by atoms with Crippen LogP contribution in [0.3, 0.4) is 0 Å². The molecule has 0 aliphatic carbocycles. The number of anilines is 1. The van der Waals surface area contributed by atoms with Crippen molar-refractivity contribution in [2.45, 2.75) is 44.7 Å². The Morgan fingerprint density at radius 2 is 1.73 bits per heavy atom. The molecule has 2 N–H and O–H groups in total. The summed E-state index contributed by atoms with van der Waals surface area (Å²) in [6.07, 6.45) is 4.06. The molecule has 1 aliphatic heterocycles. The summed E-state index contributed by atoms with van der Waals surface area (Å²) in [5.74, 6) is 0.576. The summed E-state index contributed by atoms with van der Waals surface area (Å²) >= 11 is 0. The monoisotopic (exact) mass is 445 g/mol. The average Bonchev–Trinajstić information content (AvgIpc) is 3.38. The molecule has 1 fully saturated rings. The van der Waals surface area contributed by atoms with Crippen molar-refractivity contribution < 1.29 is 14.0 Å². The van der Waals surface area contributed by atoms with Crippen LogP contribution < -0.4 is 15.5 Å². The van der Waals surface area contributed by atoms with Crippen molar-refractivity contribution in [3.05, 3.63) is 89.9 Å². The number of piperidine rings is 1. The highest BCUT2D eigenvalue weighted by Crippen LogP contribution is 2.25. The molecular weight excluding hydrogens is 414 g/mol. The van der Waals surface area contributed by atoms with Gasteiger partial charge in [0.1, 0.15) is 5.76 Å². The van der Waals surface area contributed by atoms with Crippen LogP contribution in [0, 0.1) is 0 Å². The molecule has 1 atom stereocenters. The van der Waals surface area contributed by atoms with Crippen molar-refractivity contribution >= 4 is 17.5 Å². The first-order chi connectivity index (χ1) is 16.2. The molecule has 2 aromatic carbocycles. The van der Waals surface area contributed by atoms with Crippen LogP contribution in [0.2, 0.25) is 0 Å². The Balaban J connectivity index is 1.34. The van der Waals surface area contributed by atoms with E-state index in [4.69, 9.17) is 4.42 Å². The molecule has 2 heterocycles. The molecule has 0 spiro atoms. The van der Waals surface area contributed by atoms with Gasteiger partial charge in [-0.15, -0.1) is 0 Å². The van der Waals surface area contributed by atoms with Crippen LogP contribution in [0.5, 0.6) is 0 Å². The Morgan fingerprint density at radius 1 is 1.00 bits per heavy atom. The van der Waals surface area contributed by atoms with Crippen LogP contribution in [0.1, 0.15) is 53.8 Å². The van der Waals surface area contributed by atoms with Gasteiger partial charge in [-0.3, -0.25) is 9.59 Å². The third kappa shape index (κ3) is 5.64. The number of hydrogen-bond donors (Lipinski definition) is 2. The minimum atomic E-state index is -0.122. The first-order valence-corrected chi connectivity index (χ1v) is 11.7. The van der Waals surface area contributed by atoms with Gasteiger partial charge in [-0.1, -0.05) is 49.4 Å². The molecule has 172 valence electrons. The summed E-state index contributed by atoms with van der Waals surface area (Å²) in [7, 11) is 0. The summed E-state index contributed by atoms with van der Waals surface area (Å²) in [5.41, 5.74) is 2.64. The van der Waals surface area contributed by atoms with Crippen molar-refractivity contribution in [3.8, 4) is 0 Å². The molecule has 3 aromatic rings. The van der Waals surface area contributed by atoms with Gasteiger partial charge in [0.25, 0.3) is 5.91 Å². The zero-order chi connectivity index (χ0) is 23.0. The summed E-state index contributed by atoms with van der Waals surface area (Å²) in [6.45, 7) is 3.98. The van der Waals surface area contributed by atoms with E-state index in [1.807, 2.05) is 67.6 Å². The van der Waals surface area contributed by atoms with E-state index < -0.39 is 0 Å². The smallest absolute Gasteiger partial charge is 0.253 e. The minimum absolute atomic E-state index is 0.0971. The number of nitrogens with one attached hydrogen (secondary N) is 2. The largest absolute Gasteiger partial charge is 0.467 e. The van der Waals surface area contributed by atoms with Crippen LogP contribution in [0.25, 0.3) is 0 Å². The van der Waals surface area contributed by atoms with E-state index in [2.05, 4.69) is 15.5 Å². The normalized spacial score (nSPS) is 15.1. The number of carbonyl (C=O) groups excluding carboxylic acids is 2. The van der Waals surface area contributed by atoms with Crippen LogP contribution in [0.15, 0.2) is 77.4 Å². The number of carbonyl (C=O) groups is 2. The van der Waals surface area contributed by atoms with Gasteiger partial charge in [0.15, 0.2) is 0 Å². The Labute approximate surface area is 195 Å². The van der Waals surface area contributed by atoms with Crippen molar-refractivity contribution in [2.75, 3.05) is 18.0 Å². The zero-order valence-electron chi connectivity index (χ0n) is 19.0. The van der Waals surface area contributed by atoms with E-state index in [1.54, 1.807) is 12.3 Å². The summed E-state index contributed by atoms with van der Waals surface area (Å²) in [6, 6.07) is 21.4. The predicted molar refractivity (Wildman–Crippen MR) is 129 cm³/mol. The third-order valence-electron chi connectivity index (χ3n) is 6.26. The van der Waals surface area contributed by atoms with E-state index in [-0.39, 0.29) is 23.8 Å². The second-order valence-corrected chi connectivity index (χ2v) is 8.42. The van der Waals surface area contributed by atoms with Crippen LogP contribution in [0.4, 0.5) is 5.69 Å². The summed E-state index contributed by atoms with van der Waals surface area (Å²) in [5, 5.41) is 6.19. The third-order valence-corrected chi connectivity index (χ3v) is 6.26. The Bertz CT molecular complexity index is 1040. The maximum atomic E-state index is 12.9. The first-order valence-electron chi connectivity index (χ1n) is 11.7. The molecule has 0 radical (unpaired) electrons. The fourth-order valence-electron chi connectivity index (χ4n) is 4.44. The molecule has 6 heteroatoms. The molecule has 6 nitrogen and oxygen atoms in total. The number of hydrogen-bond acceptors (Lipinski definition) is 4. The Morgan fingerprint density at radius 3 is 2.42 bits per heavy atom. The zero-order valence-corrected chi connectivity index (χ0v) is 19.0. The molecular formula is C27H31N3O3. The predicted octanol–water partition coefficient (Wildman–Crippen LogP) is 4.49. The lowest BCUT2D eigenvalue weighted by Gasteiger charge is -2.35. The fourth-order valence-corrected chi connectivity index (χ4v) is 4.44. The fraction of sp³-hybridized carbons (Fsp3) is 0.333. The van der Waals surface area contributed by atoms with Gasteiger partial charge in [-0.05, 0) is 49.1 Å². The quantitative estimate of drug-likeness (QED) is 0.536. The Hall–Kier alpha value is -3.54. The van der Waals surface area contributed by atoms with Gasteiger partial charge in [0.2, 0.25) is 5.91 Å². The number of benzene rings is 2. The molecule has 0 unspecified atom stereocenters. The van der Waals surface area contributed by atoms with Crippen LogP contribution in [-0.2, 0) is 11.3 Å². The molecule has 0 bridgehead atoms. The van der Waals surface area contributed by atoms with E-state index in [0.29, 0.717) is 12.1 Å². The van der Waals surface area contributed by atoms with Crippen molar-refractivity contribution in [3.63, 3.8) is 0 Å². The molecule has 1 saturated heterocycles. The SMILES string of the molecule is CC[C@H](C(=O)NC1CCN(c2ccccc2C(=O)NCc2ccco2)CC1)c1ccccc1. The van der Waals surface area contributed by atoms with Gasteiger partial charge in [-0.25, -0.2) is 0 Å². The molecule has 1 aromatic heterocycles. The highest BCUT2D eigenvalue weighted by atomic mass is 16.3. The lowest BCUT2D eigenvalue weighted by atomic mass is 9.94. The van der Waals surface area contributed by atoms with Gasteiger partial charge in [-0.2, -0.15) is 0 Å². The van der Waals surface area contributed by atoms with Crippen LogP contribution >= 0.6 is 0 Å². The molecule has 33 heavy (non-hydrogen) atoms. The van der Waals surface area contributed by atoms with Crippen molar-refractivity contribution in [1.82, 2.24) is 10.6 Å². The highest BCUT2D eigenvalue weighted by Gasteiger charge is 2.26. The number of amides is 2. The average molecular weight is 446 g/mol. The lowest BCUT2D eigenvalue weighted by molar-refractivity contribution is -0.123. The number of rotatable bonds is 8. The second kappa shape index (κ2) is 10.9. The number of para-hydroxylation sites is 1. The molecule has 4 rings (SSSR count). The van der Waals surface area contributed by atoms with E-state index in [0.717, 1.165) is 49.4 Å². The summed E-state index contributed by atoms with van der Waals surface area (Å²) in [4.78, 5) is 28.0. The topological polar surface area (TPSA) is 74.6 Å². The number of furan rings is 1. The second-order valence-electron chi connectivity index (χ2n) is 8.42. The van der Waals surface area contributed by atoms with E-state index >= 15 is 0 Å². The van der Waals surface area contributed by atoms with Gasteiger partial charge in [0, 0.05) is 24.8 Å². The first kappa shape index (κ1) is 22.6. The lowest BCUT2D eigenvalue weighted by Crippen LogP contribution is -2.46. The molecule has 2 amide bonds. The van der Waals surface area contributed by atoms with Crippen molar-refractivity contribution in [1.29, 1.82) is 0 Å². The standard InChI is InChI=1S/C27H31N3O3/c1-2-23(20-9-4-3-5-10-20)27(32)29-21-14-16-30(17-15-21)25-13-7-6-12-24(25)26(31)28-19-22-11-8-18-33-22/h3-13,18,21,23H,2,14-17,19H2,1H3,(H,28,31)(H,29,32)/t23-/m0/s1. The van der Waals surface area contributed by atoms with Gasteiger partial charge >= 0.3 is 0 Å². The van der Waals surface area contributed by atoms with Crippen molar-refractivity contribution in [2.24, 2.45) is 0 Å².